The van der Waals surface area contributed by atoms with Gasteiger partial charge in [-0.3, -0.25) is 4.79 Å². The van der Waals surface area contributed by atoms with E-state index in [2.05, 4.69) is 39.2 Å². The van der Waals surface area contributed by atoms with Crippen LogP contribution in [-0.2, 0) is 6.54 Å². The molecule has 1 heterocycles. The second-order valence-electron chi connectivity index (χ2n) is 6.49. The summed E-state index contributed by atoms with van der Waals surface area (Å²) in [4.78, 5) is 12.1. The van der Waals surface area contributed by atoms with Gasteiger partial charge in [0.1, 0.15) is 0 Å². The molecule has 2 nitrogen and oxygen atoms in total. The molecule has 0 aliphatic heterocycles. The molecule has 0 bridgehead atoms. The highest BCUT2D eigenvalue weighted by Gasteiger charge is 2.26. The number of hydrogen-bond acceptors (Lipinski definition) is 1. The fraction of sp³-hybridized carbons (Fsp3) is 0.688. The minimum atomic E-state index is -0.466. The maximum Gasteiger partial charge on any atom is 0.182 e. The normalized spacial score (nSPS) is 13.9. The molecule has 1 atom stereocenters. The molecule has 0 fully saturated rings. The van der Waals surface area contributed by atoms with Gasteiger partial charge in [0, 0.05) is 23.5 Å². The van der Waals surface area contributed by atoms with Gasteiger partial charge in [0.2, 0.25) is 0 Å². The Kier molecular flexibility index (Phi) is 4.89. The number of alkyl halides is 1. The average Bonchev–Trinajstić information content (AvgIpc) is 2.55. The summed E-state index contributed by atoms with van der Waals surface area (Å²) < 4.78 is 2.24. The number of aromatic nitrogens is 1. The SMILES string of the molecule is Cc1cc(C(=O)C(C)Cl)c(C)n1CC(C)(C)C(C)C. The summed E-state index contributed by atoms with van der Waals surface area (Å²) in [5.41, 5.74) is 3.12. The first-order chi connectivity index (χ1) is 8.58. The van der Waals surface area contributed by atoms with Gasteiger partial charge in [-0.2, -0.15) is 0 Å². The quantitative estimate of drug-likeness (QED) is 0.572. The van der Waals surface area contributed by atoms with Crippen molar-refractivity contribution in [3.8, 4) is 0 Å². The molecular formula is C16H26ClNO. The van der Waals surface area contributed by atoms with Gasteiger partial charge < -0.3 is 4.57 Å². The lowest BCUT2D eigenvalue weighted by Crippen LogP contribution is -2.26. The molecule has 0 aliphatic carbocycles. The lowest BCUT2D eigenvalue weighted by molar-refractivity contribution is 0.0990. The third-order valence-corrected chi connectivity index (χ3v) is 4.53. The molecule has 0 aromatic carbocycles. The highest BCUT2D eigenvalue weighted by molar-refractivity contribution is 6.33. The van der Waals surface area contributed by atoms with Crippen LogP contribution in [0.25, 0.3) is 0 Å². The number of aryl methyl sites for hydroxylation is 1. The van der Waals surface area contributed by atoms with Crippen LogP contribution in [0.5, 0.6) is 0 Å². The van der Waals surface area contributed by atoms with Gasteiger partial charge in [-0.25, -0.2) is 0 Å². The van der Waals surface area contributed by atoms with Crippen LogP contribution in [0.1, 0.15) is 56.4 Å². The summed E-state index contributed by atoms with van der Waals surface area (Å²) in [6.45, 7) is 15.7. The fourth-order valence-corrected chi connectivity index (χ4v) is 2.22. The van der Waals surface area contributed by atoms with Crippen molar-refractivity contribution in [2.24, 2.45) is 11.3 Å². The Morgan fingerprint density at radius 3 is 2.26 bits per heavy atom. The number of carbonyl (C=O) groups is 1. The van der Waals surface area contributed by atoms with E-state index in [0.717, 1.165) is 23.5 Å². The first kappa shape index (κ1) is 16.3. The second kappa shape index (κ2) is 5.70. The van der Waals surface area contributed by atoms with Gasteiger partial charge in [0.25, 0.3) is 0 Å². The third kappa shape index (κ3) is 3.42. The van der Waals surface area contributed by atoms with Crippen LogP contribution in [0.3, 0.4) is 0 Å². The molecule has 0 amide bonds. The van der Waals surface area contributed by atoms with Crippen molar-refractivity contribution in [3.63, 3.8) is 0 Å². The Hall–Kier alpha value is -0.760. The number of nitrogens with zero attached hydrogens (tertiary/aromatic N) is 1. The molecule has 0 spiro atoms. The third-order valence-electron chi connectivity index (χ3n) is 4.33. The van der Waals surface area contributed by atoms with Gasteiger partial charge >= 0.3 is 0 Å². The van der Waals surface area contributed by atoms with Crippen LogP contribution >= 0.6 is 11.6 Å². The molecular weight excluding hydrogens is 258 g/mol. The standard InChI is InChI=1S/C16H26ClNO/c1-10(2)16(6,7)9-18-11(3)8-14(13(18)5)15(19)12(4)17/h8,10,12H,9H2,1-7H3. The molecule has 0 saturated carbocycles. The Labute approximate surface area is 122 Å². The molecule has 0 saturated heterocycles. The second-order valence-corrected chi connectivity index (χ2v) is 7.15. The fourth-order valence-electron chi connectivity index (χ4n) is 2.10. The van der Waals surface area contributed by atoms with E-state index >= 15 is 0 Å². The van der Waals surface area contributed by atoms with E-state index in [1.807, 2.05) is 13.0 Å². The van der Waals surface area contributed by atoms with Gasteiger partial charge in [-0.1, -0.05) is 27.7 Å². The number of carbonyl (C=O) groups excluding carboxylic acids is 1. The smallest absolute Gasteiger partial charge is 0.182 e. The summed E-state index contributed by atoms with van der Waals surface area (Å²) in [5.74, 6) is 0.600. The number of halogens is 1. The maximum absolute atomic E-state index is 12.1. The number of ketones is 1. The Bertz CT molecular complexity index is 469. The highest BCUT2D eigenvalue weighted by atomic mass is 35.5. The van der Waals surface area contributed by atoms with Crippen molar-refractivity contribution >= 4 is 17.4 Å². The molecule has 3 heteroatoms. The topological polar surface area (TPSA) is 22.0 Å². The van der Waals surface area contributed by atoms with Crippen molar-refractivity contribution in [1.82, 2.24) is 4.57 Å². The first-order valence-electron chi connectivity index (χ1n) is 6.93. The van der Waals surface area contributed by atoms with Crippen LogP contribution < -0.4 is 0 Å². The Morgan fingerprint density at radius 2 is 1.84 bits per heavy atom. The zero-order chi connectivity index (χ0) is 15.0. The van der Waals surface area contributed by atoms with Crippen LogP contribution in [0.2, 0.25) is 0 Å². The first-order valence-corrected chi connectivity index (χ1v) is 7.36. The Morgan fingerprint density at radius 1 is 1.32 bits per heavy atom. The van der Waals surface area contributed by atoms with E-state index in [4.69, 9.17) is 11.6 Å². The van der Waals surface area contributed by atoms with E-state index in [0.29, 0.717) is 5.92 Å². The van der Waals surface area contributed by atoms with Crippen molar-refractivity contribution in [2.75, 3.05) is 0 Å². The maximum atomic E-state index is 12.1. The predicted octanol–water partition coefficient (Wildman–Crippen LogP) is 4.60. The molecule has 108 valence electrons. The van der Waals surface area contributed by atoms with Crippen molar-refractivity contribution < 1.29 is 4.79 Å². The molecule has 19 heavy (non-hydrogen) atoms. The van der Waals surface area contributed by atoms with Crippen LogP contribution in [0.15, 0.2) is 6.07 Å². The van der Waals surface area contributed by atoms with E-state index in [1.165, 1.54) is 0 Å². The molecule has 1 aromatic heterocycles. The number of Topliss-reactive ketones (excluding diaryl/α,β-unsaturated/α-hetero) is 1. The summed E-state index contributed by atoms with van der Waals surface area (Å²) in [5, 5.41) is -0.466. The van der Waals surface area contributed by atoms with Crippen LogP contribution in [0, 0.1) is 25.2 Å². The van der Waals surface area contributed by atoms with E-state index in [-0.39, 0.29) is 11.2 Å². The molecule has 0 radical (unpaired) electrons. The van der Waals surface area contributed by atoms with Gasteiger partial charge in [0.05, 0.1) is 5.38 Å². The number of hydrogen-bond donors (Lipinski definition) is 0. The summed E-state index contributed by atoms with van der Waals surface area (Å²) >= 11 is 5.92. The van der Waals surface area contributed by atoms with Crippen LogP contribution in [-0.4, -0.2) is 15.7 Å². The van der Waals surface area contributed by atoms with Crippen molar-refractivity contribution in [1.29, 1.82) is 0 Å². The van der Waals surface area contributed by atoms with E-state index in [1.54, 1.807) is 6.92 Å². The van der Waals surface area contributed by atoms with Gasteiger partial charge in [-0.15, -0.1) is 11.6 Å². The molecule has 1 unspecified atom stereocenters. The average molecular weight is 284 g/mol. The minimum absolute atomic E-state index is 0.0170. The van der Waals surface area contributed by atoms with Crippen molar-refractivity contribution in [3.05, 3.63) is 23.0 Å². The van der Waals surface area contributed by atoms with E-state index < -0.39 is 5.38 Å². The summed E-state index contributed by atoms with van der Waals surface area (Å²) in [6.07, 6.45) is 0. The van der Waals surface area contributed by atoms with Gasteiger partial charge in [-0.05, 0) is 38.2 Å². The Balaban J connectivity index is 3.15. The monoisotopic (exact) mass is 283 g/mol. The molecule has 0 aliphatic rings. The van der Waals surface area contributed by atoms with Gasteiger partial charge in [0.15, 0.2) is 5.78 Å². The van der Waals surface area contributed by atoms with Crippen molar-refractivity contribution in [2.45, 2.75) is 60.4 Å². The molecule has 0 N–H and O–H groups in total. The highest BCUT2D eigenvalue weighted by Crippen LogP contribution is 2.30. The lowest BCUT2D eigenvalue weighted by atomic mass is 9.81. The summed E-state index contributed by atoms with van der Waals surface area (Å²) in [7, 11) is 0. The molecule has 1 rings (SSSR count). The predicted molar refractivity (Wildman–Crippen MR) is 82.2 cm³/mol. The summed E-state index contributed by atoms with van der Waals surface area (Å²) in [6, 6.07) is 1.97. The minimum Gasteiger partial charge on any atom is -0.348 e. The van der Waals surface area contributed by atoms with Crippen LogP contribution in [0.4, 0.5) is 0 Å². The largest absolute Gasteiger partial charge is 0.348 e. The molecule has 1 aromatic rings. The number of rotatable bonds is 5. The lowest BCUT2D eigenvalue weighted by Gasteiger charge is -2.31. The zero-order valence-corrected chi connectivity index (χ0v) is 13.9. The van der Waals surface area contributed by atoms with E-state index in [9.17, 15) is 4.79 Å². The zero-order valence-electron chi connectivity index (χ0n) is 13.2.